The summed E-state index contributed by atoms with van der Waals surface area (Å²) >= 11 is 0. The zero-order valence-electron chi connectivity index (χ0n) is 14.5. The van der Waals surface area contributed by atoms with Crippen molar-refractivity contribution in [1.82, 2.24) is 20.3 Å². The summed E-state index contributed by atoms with van der Waals surface area (Å²) in [6, 6.07) is 7.71. The highest BCUT2D eigenvalue weighted by atomic mass is 16.4. The van der Waals surface area contributed by atoms with E-state index in [0.717, 1.165) is 30.5 Å². The maximum atomic E-state index is 12.7. The highest BCUT2D eigenvalue weighted by molar-refractivity contribution is 5.97. The summed E-state index contributed by atoms with van der Waals surface area (Å²) in [5.74, 6) is -1.47. The molecule has 1 amide bonds. The number of carboxylic acid groups (broad SMARTS) is 1. The average Bonchev–Trinajstić information content (AvgIpc) is 2.98. The number of nitrogens with zero attached hydrogens (tertiary/aromatic N) is 3. The van der Waals surface area contributed by atoms with E-state index in [1.165, 1.54) is 0 Å². The predicted octanol–water partition coefficient (Wildman–Crippen LogP) is 2.40. The second-order valence-electron chi connectivity index (χ2n) is 6.67. The number of carbonyl (C=O) groups is 2. The number of hydrogen-bond acceptors (Lipinski definition) is 4. The first kappa shape index (κ1) is 17.1. The molecule has 2 N–H and O–H groups in total. The number of benzene rings is 1. The second kappa shape index (κ2) is 6.66. The van der Waals surface area contributed by atoms with E-state index in [-0.39, 0.29) is 5.69 Å². The van der Waals surface area contributed by atoms with E-state index in [2.05, 4.69) is 15.6 Å². The van der Waals surface area contributed by atoms with Gasteiger partial charge in [-0.05, 0) is 38.8 Å². The van der Waals surface area contributed by atoms with Crippen LogP contribution in [0.25, 0.3) is 5.69 Å². The Morgan fingerprint density at radius 3 is 2.36 bits per heavy atom. The highest BCUT2D eigenvalue weighted by Crippen LogP contribution is 2.29. The van der Waals surface area contributed by atoms with Gasteiger partial charge in [0.25, 0.3) is 5.91 Å². The van der Waals surface area contributed by atoms with Crippen molar-refractivity contribution < 1.29 is 14.7 Å². The van der Waals surface area contributed by atoms with Gasteiger partial charge in [-0.1, -0.05) is 42.2 Å². The van der Waals surface area contributed by atoms with Gasteiger partial charge >= 0.3 is 5.97 Å². The van der Waals surface area contributed by atoms with Gasteiger partial charge in [-0.2, -0.15) is 0 Å². The third kappa shape index (κ3) is 3.26. The van der Waals surface area contributed by atoms with Crippen molar-refractivity contribution in [1.29, 1.82) is 0 Å². The molecule has 0 saturated heterocycles. The number of hydrogen-bond donors (Lipinski definition) is 2. The maximum absolute atomic E-state index is 12.7. The van der Waals surface area contributed by atoms with Gasteiger partial charge in [-0.25, -0.2) is 9.48 Å². The predicted molar refractivity (Wildman–Crippen MR) is 91.8 cm³/mol. The first-order valence-electron chi connectivity index (χ1n) is 8.48. The Hall–Kier alpha value is -2.70. The SMILES string of the molecule is Cc1ccc(-n2nnc(C(=O)NC3(C(=O)O)CCCCC3)c2C)cc1. The molecule has 0 spiro atoms. The first-order valence-corrected chi connectivity index (χ1v) is 8.48. The fourth-order valence-corrected chi connectivity index (χ4v) is 3.29. The summed E-state index contributed by atoms with van der Waals surface area (Å²) in [6.45, 7) is 3.75. The van der Waals surface area contributed by atoms with Crippen LogP contribution in [0.4, 0.5) is 0 Å². The van der Waals surface area contributed by atoms with Crippen molar-refractivity contribution in [3.8, 4) is 5.69 Å². The first-order chi connectivity index (χ1) is 11.9. The summed E-state index contributed by atoms with van der Waals surface area (Å²) in [5, 5.41) is 20.3. The Bertz CT molecular complexity index is 789. The lowest BCUT2D eigenvalue weighted by molar-refractivity contribution is -0.145. The lowest BCUT2D eigenvalue weighted by Crippen LogP contribution is -2.55. The van der Waals surface area contributed by atoms with E-state index >= 15 is 0 Å². The molecule has 1 saturated carbocycles. The molecular formula is C18H22N4O3. The van der Waals surface area contributed by atoms with Gasteiger partial charge in [0.2, 0.25) is 0 Å². The minimum absolute atomic E-state index is 0.159. The molecule has 1 aliphatic carbocycles. The molecule has 0 atom stereocenters. The standard InChI is InChI=1S/C18H22N4O3/c1-12-6-8-14(9-7-12)22-13(2)15(20-21-22)16(23)19-18(17(24)25)10-4-3-5-11-18/h6-9H,3-5,10-11H2,1-2H3,(H,19,23)(H,24,25). The molecule has 132 valence electrons. The molecule has 0 aliphatic heterocycles. The zero-order chi connectivity index (χ0) is 18.0. The molecule has 0 unspecified atom stereocenters. The Morgan fingerprint density at radius 1 is 1.12 bits per heavy atom. The van der Waals surface area contributed by atoms with Crippen molar-refractivity contribution in [3.05, 3.63) is 41.2 Å². The normalized spacial score (nSPS) is 16.4. The van der Waals surface area contributed by atoms with Crippen LogP contribution in [-0.4, -0.2) is 37.5 Å². The molecule has 1 heterocycles. The van der Waals surface area contributed by atoms with Crippen LogP contribution in [0, 0.1) is 13.8 Å². The number of rotatable bonds is 4. The number of amides is 1. The third-order valence-corrected chi connectivity index (χ3v) is 4.86. The van der Waals surface area contributed by atoms with Crippen LogP contribution < -0.4 is 5.32 Å². The number of aryl methyl sites for hydroxylation is 1. The number of nitrogens with one attached hydrogen (secondary N) is 1. The van der Waals surface area contributed by atoms with Crippen molar-refractivity contribution in [2.24, 2.45) is 0 Å². The Morgan fingerprint density at radius 2 is 1.76 bits per heavy atom. The average molecular weight is 342 g/mol. The van der Waals surface area contributed by atoms with Crippen LogP contribution in [0.3, 0.4) is 0 Å². The van der Waals surface area contributed by atoms with E-state index < -0.39 is 17.4 Å². The lowest BCUT2D eigenvalue weighted by atomic mass is 9.81. The van der Waals surface area contributed by atoms with E-state index in [4.69, 9.17) is 0 Å². The number of carbonyl (C=O) groups excluding carboxylic acids is 1. The van der Waals surface area contributed by atoms with Gasteiger partial charge in [-0.3, -0.25) is 4.79 Å². The lowest BCUT2D eigenvalue weighted by Gasteiger charge is -2.33. The second-order valence-corrected chi connectivity index (χ2v) is 6.67. The monoisotopic (exact) mass is 342 g/mol. The summed E-state index contributed by atoms with van der Waals surface area (Å²) < 4.78 is 1.59. The van der Waals surface area contributed by atoms with Crippen molar-refractivity contribution >= 4 is 11.9 Å². The van der Waals surface area contributed by atoms with E-state index in [0.29, 0.717) is 18.5 Å². The molecule has 2 aromatic rings. The van der Waals surface area contributed by atoms with Crippen molar-refractivity contribution in [2.45, 2.75) is 51.5 Å². The Kier molecular flexibility index (Phi) is 4.57. The fourth-order valence-electron chi connectivity index (χ4n) is 3.29. The van der Waals surface area contributed by atoms with Gasteiger partial charge in [0.1, 0.15) is 5.54 Å². The highest BCUT2D eigenvalue weighted by Gasteiger charge is 2.41. The summed E-state index contributed by atoms with van der Waals surface area (Å²) in [4.78, 5) is 24.4. The quantitative estimate of drug-likeness (QED) is 0.889. The topological polar surface area (TPSA) is 97.1 Å². The molecular weight excluding hydrogens is 320 g/mol. The van der Waals surface area contributed by atoms with Crippen molar-refractivity contribution in [3.63, 3.8) is 0 Å². The zero-order valence-corrected chi connectivity index (χ0v) is 14.5. The number of carboxylic acids is 1. The Balaban J connectivity index is 1.85. The molecule has 3 rings (SSSR count). The molecule has 7 heteroatoms. The molecule has 0 bridgehead atoms. The fraction of sp³-hybridized carbons (Fsp3) is 0.444. The van der Waals surface area contributed by atoms with Crippen LogP contribution in [0.1, 0.15) is 53.8 Å². The number of aliphatic carboxylic acids is 1. The maximum Gasteiger partial charge on any atom is 0.329 e. The van der Waals surface area contributed by atoms with Crippen LogP contribution in [-0.2, 0) is 4.79 Å². The van der Waals surface area contributed by atoms with Crippen LogP contribution in [0.2, 0.25) is 0 Å². The van der Waals surface area contributed by atoms with Crippen LogP contribution in [0.5, 0.6) is 0 Å². The van der Waals surface area contributed by atoms with Gasteiger partial charge in [0.05, 0.1) is 11.4 Å². The number of aromatic nitrogens is 3. The van der Waals surface area contributed by atoms with Gasteiger partial charge in [-0.15, -0.1) is 5.10 Å². The van der Waals surface area contributed by atoms with Gasteiger partial charge < -0.3 is 10.4 Å². The molecule has 1 aromatic carbocycles. The minimum Gasteiger partial charge on any atom is -0.480 e. The molecule has 1 aliphatic rings. The smallest absolute Gasteiger partial charge is 0.329 e. The van der Waals surface area contributed by atoms with Crippen LogP contribution in [0.15, 0.2) is 24.3 Å². The van der Waals surface area contributed by atoms with E-state index in [9.17, 15) is 14.7 Å². The molecule has 7 nitrogen and oxygen atoms in total. The largest absolute Gasteiger partial charge is 0.480 e. The minimum atomic E-state index is -1.20. The molecule has 1 aromatic heterocycles. The van der Waals surface area contributed by atoms with Gasteiger partial charge in [0, 0.05) is 0 Å². The third-order valence-electron chi connectivity index (χ3n) is 4.86. The molecule has 0 radical (unpaired) electrons. The van der Waals surface area contributed by atoms with E-state index in [1.54, 1.807) is 11.6 Å². The summed E-state index contributed by atoms with van der Waals surface area (Å²) in [6.07, 6.45) is 3.47. The summed E-state index contributed by atoms with van der Waals surface area (Å²) in [7, 11) is 0. The van der Waals surface area contributed by atoms with Gasteiger partial charge in [0.15, 0.2) is 5.69 Å². The Labute approximate surface area is 146 Å². The van der Waals surface area contributed by atoms with Crippen molar-refractivity contribution in [2.75, 3.05) is 0 Å². The van der Waals surface area contributed by atoms with E-state index in [1.807, 2.05) is 31.2 Å². The molecule has 25 heavy (non-hydrogen) atoms. The summed E-state index contributed by atoms with van der Waals surface area (Å²) in [5.41, 5.74) is 1.47. The molecule has 1 fully saturated rings. The van der Waals surface area contributed by atoms with Crippen LogP contribution >= 0.6 is 0 Å².